The number of aryl methyl sites for hydroxylation is 1. The topological polar surface area (TPSA) is 51.0 Å². The fourth-order valence-electron chi connectivity index (χ4n) is 3.22. The molecule has 23 heavy (non-hydrogen) atoms. The molecule has 2 aromatic rings. The minimum Gasteiger partial charge on any atom is -0.340 e. The van der Waals surface area contributed by atoms with Gasteiger partial charge < -0.3 is 9.47 Å². The number of nitrogens with zero attached hydrogens (tertiary/aromatic N) is 4. The van der Waals surface area contributed by atoms with Crippen LogP contribution in [-0.2, 0) is 11.2 Å². The Morgan fingerprint density at radius 1 is 1.35 bits per heavy atom. The third kappa shape index (κ3) is 3.28. The van der Waals surface area contributed by atoms with E-state index in [1.807, 2.05) is 23.1 Å². The van der Waals surface area contributed by atoms with Gasteiger partial charge in [0.1, 0.15) is 12.2 Å². The Kier molecular flexibility index (Phi) is 4.46. The SMILES string of the molecule is Cc1ccccc1CC(=O)N1CCC(n2cnnc2C(C)C)C1. The van der Waals surface area contributed by atoms with Gasteiger partial charge in [-0.05, 0) is 24.5 Å². The van der Waals surface area contributed by atoms with Gasteiger partial charge in [0.15, 0.2) is 0 Å². The highest BCUT2D eigenvalue weighted by Crippen LogP contribution is 2.25. The molecule has 5 nitrogen and oxygen atoms in total. The number of carbonyl (C=O) groups excluding carboxylic acids is 1. The number of amides is 1. The van der Waals surface area contributed by atoms with Gasteiger partial charge in [-0.2, -0.15) is 0 Å². The van der Waals surface area contributed by atoms with Crippen LogP contribution in [0.4, 0.5) is 0 Å². The van der Waals surface area contributed by atoms with E-state index in [2.05, 4.69) is 41.6 Å². The summed E-state index contributed by atoms with van der Waals surface area (Å²) in [4.78, 5) is 14.6. The Balaban J connectivity index is 1.66. The Morgan fingerprint density at radius 2 is 2.13 bits per heavy atom. The Bertz CT molecular complexity index is 692. The van der Waals surface area contributed by atoms with E-state index in [0.717, 1.165) is 30.9 Å². The first-order chi connectivity index (χ1) is 11.1. The fraction of sp³-hybridized carbons (Fsp3) is 0.500. The number of hydrogen-bond donors (Lipinski definition) is 0. The minimum absolute atomic E-state index is 0.209. The molecule has 3 rings (SSSR count). The summed E-state index contributed by atoms with van der Waals surface area (Å²) in [6, 6.07) is 8.39. The molecule has 1 amide bonds. The van der Waals surface area contributed by atoms with Crippen molar-refractivity contribution in [1.29, 1.82) is 0 Å². The quantitative estimate of drug-likeness (QED) is 0.872. The predicted molar refractivity (Wildman–Crippen MR) is 89.2 cm³/mol. The lowest BCUT2D eigenvalue weighted by atomic mass is 10.1. The number of likely N-dealkylation sites (tertiary alicyclic amines) is 1. The van der Waals surface area contributed by atoms with Crippen LogP contribution >= 0.6 is 0 Å². The lowest BCUT2D eigenvalue weighted by molar-refractivity contribution is -0.129. The lowest BCUT2D eigenvalue weighted by Crippen LogP contribution is -2.30. The number of hydrogen-bond acceptors (Lipinski definition) is 3. The Hall–Kier alpha value is -2.17. The summed E-state index contributed by atoms with van der Waals surface area (Å²) in [6.07, 6.45) is 3.26. The molecule has 2 heterocycles. The van der Waals surface area contributed by atoms with Gasteiger partial charge in [-0.25, -0.2) is 0 Å². The van der Waals surface area contributed by atoms with Crippen LogP contribution in [0.1, 0.15) is 49.2 Å². The van der Waals surface area contributed by atoms with Crippen molar-refractivity contribution < 1.29 is 4.79 Å². The highest BCUT2D eigenvalue weighted by molar-refractivity contribution is 5.79. The van der Waals surface area contributed by atoms with E-state index in [4.69, 9.17) is 0 Å². The van der Waals surface area contributed by atoms with Crippen LogP contribution in [0.2, 0.25) is 0 Å². The van der Waals surface area contributed by atoms with Crippen molar-refractivity contribution in [3.05, 3.63) is 47.5 Å². The van der Waals surface area contributed by atoms with E-state index in [1.54, 1.807) is 6.33 Å². The molecule has 122 valence electrons. The van der Waals surface area contributed by atoms with Crippen LogP contribution in [0.5, 0.6) is 0 Å². The van der Waals surface area contributed by atoms with Gasteiger partial charge >= 0.3 is 0 Å². The monoisotopic (exact) mass is 312 g/mol. The standard InChI is InChI=1S/C18H24N4O/c1-13(2)18-20-19-12-22(18)16-8-9-21(11-16)17(23)10-15-7-5-4-6-14(15)3/h4-7,12-13,16H,8-11H2,1-3H3. The molecular weight excluding hydrogens is 288 g/mol. The number of benzene rings is 1. The molecule has 1 aromatic carbocycles. The normalized spacial score (nSPS) is 17.9. The molecule has 1 unspecified atom stereocenters. The average Bonchev–Trinajstić information content (AvgIpc) is 3.17. The summed E-state index contributed by atoms with van der Waals surface area (Å²) < 4.78 is 2.14. The largest absolute Gasteiger partial charge is 0.340 e. The maximum Gasteiger partial charge on any atom is 0.227 e. The molecule has 1 saturated heterocycles. The second-order valence-electron chi connectivity index (χ2n) is 6.64. The summed E-state index contributed by atoms with van der Waals surface area (Å²) in [5.74, 6) is 1.55. The molecule has 0 radical (unpaired) electrons. The third-order valence-electron chi connectivity index (χ3n) is 4.63. The molecule has 0 bridgehead atoms. The highest BCUT2D eigenvalue weighted by Gasteiger charge is 2.29. The van der Waals surface area contributed by atoms with Crippen molar-refractivity contribution >= 4 is 5.91 Å². The zero-order valence-electron chi connectivity index (χ0n) is 14.1. The predicted octanol–water partition coefficient (Wildman–Crippen LogP) is 2.73. The molecule has 0 aliphatic carbocycles. The zero-order valence-corrected chi connectivity index (χ0v) is 14.1. The first-order valence-corrected chi connectivity index (χ1v) is 8.28. The van der Waals surface area contributed by atoms with E-state index in [0.29, 0.717) is 18.4 Å². The summed E-state index contributed by atoms with van der Waals surface area (Å²) in [5.41, 5.74) is 2.30. The molecule has 1 aliphatic heterocycles. The third-order valence-corrected chi connectivity index (χ3v) is 4.63. The van der Waals surface area contributed by atoms with E-state index in [1.165, 1.54) is 5.56 Å². The molecule has 1 aromatic heterocycles. The molecule has 1 atom stereocenters. The summed E-state index contributed by atoms with van der Waals surface area (Å²) >= 11 is 0. The van der Waals surface area contributed by atoms with Crippen LogP contribution in [-0.4, -0.2) is 38.7 Å². The summed E-state index contributed by atoms with van der Waals surface area (Å²) in [7, 11) is 0. The number of aromatic nitrogens is 3. The number of rotatable bonds is 4. The Labute approximate surface area is 137 Å². The maximum absolute atomic E-state index is 12.6. The molecule has 0 N–H and O–H groups in total. The molecule has 1 aliphatic rings. The van der Waals surface area contributed by atoms with Crippen molar-refractivity contribution in [1.82, 2.24) is 19.7 Å². The van der Waals surface area contributed by atoms with Crippen LogP contribution in [0.25, 0.3) is 0 Å². The molecule has 5 heteroatoms. The van der Waals surface area contributed by atoms with Gasteiger partial charge in [0.2, 0.25) is 5.91 Å². The van der Waals surface area contributed by atoms with Gasteiger partial charge in [-0.3, -0.25) is 4.79 Å². The van der Waals surface area contributed by atoms with Gasteiger partial charge in [0.25, 0.3) is 0 Å². The van der Waals surface area contributed by atoms with E-state index >= 15 is 0 Å². The average molecular weight is 312 g/mol. The molecule has 0 saturated carbocycles. The zero-order chi connectivity index (χ0) is 16.4. The fourth-order valence-corrected chi connectivity index (χ4v) is 3.22. The lowest BCUT2D eigenvalue weighted by Gasteiger charge is -2.19. The smallest absolute Gasteiger partial charge is 0.227 e. The van der Waals surface area contributed by atoms with Crippen LogP contribution in [0, 0.1) is 6.92 Å². The summed E-state index contributed by atoms with van der Waals surface area (Å²) in [6.45, 7) is 7.86. The highest BCUT2D eigenvalue weighted by atomic mass is 16.2. The second-order valence-corrected chi connectivity index (χ2v) is 6.64. The van der Waals surface area contributed by atoms with Crippen molar-refractivity contribution in [2.24, 2.45) is 0 Å². The summed E-state index contributed by atoms with van der Waals surface area (Å²) in [5, 5.41) is 8.27. The van der Waals surface area contributed by atoms with Crippen molar-refractivity contribution in [3.63, 3.8) is 0 Å². The van der Waals surface area contributed by atoms with Crippen LogP contribution in [0.3, 0.4) is 0 Å². The van der Waals surface area contributed by atoms with Crippen molar-refractivity contribution in [2.45, 2.75) is 45.6 Å². The van der Waals surface area contributed by atoms with Gasteiger partial charge in [0, 0.05) is 19.0 Å². The van der Waals surface area contributed by atoms with E-state index in [-0.39, 0.29) is 5.91 Å². The van der Waals surface area contributed by atoms with Gasteiger partial charge in [0.05, 0.1) is 12.5 Å². The minimum atomic E-state index is 0.209. The van der Waals surface area contributed by atoms with Crippen molar-refractivity contribution in [3.8, 4) is 0 Å². The van der Waals surface area contributed by atoms with E-state index < -0.39 is 0 Å². The maximum atomic E-state index is 12.6. The van der Waals surface area contributed by atoms with Gasteiger partial charge in [-0.15, -0.1) is 10.2 Å². The molecule has 0 spiro atoms. The second kappa shape index (κ2) is 6.52. The van der Waals surface area contributed by atoms with Crippen molar-refractivity contribution in [2.75, 3.05) is 13.1 Å². The first-order valence-electron chi connectivity index (χ1n) is 8.28. The van der Waals surface area contributed by atoms with Gasteiger partial charge in [-0.1, -0.05) is 38.1 Å². The molecule has 1 fully saturated rings. The Morgan fingerprint density at radius 3 is 2.87 bits per heavy atom. The first kappa shape index (κ1) is 15.7. The van der Waals surface area contributed by atoms with E-state index in [9.17, 15) is 4.79 Å². The number of carbonyl (C=O) groups is 1. The van der Waals surface area contributed by atoms with Crippen LogP contribution in [0.15, 0.2) is 30.6 Å². The van der Waals surface area contributed by atoms with Crippen LogP contribution < -0.4 is 0 Å². The molecular formula is C18H24N4O.